The molecular weight excluding hydrogens is 462 g/mol. The average Bonchev–Trinajstić information content (AvgIpc) is 3.13. The number of benzene rings is 2. The molecular formula is C22H25N5O6S. The Morgan fingerprint density at radius 2 is 1.97 bits per heavy atom. The van der Waals surface area contributed by atoms with Crippen molar-refractivity contribution in [3.8, 4) is 11.9 Å². The number of nitrogens with one attached hydrogen (secondary N) is 2. The van der Waals surface area contributed by atoms with Crippen molar-refractivity contribution in [2.24, 2.45) is 4.99 Å². The minimum atomic E-state index is -3.65. The Labute approximate surface area is 196 Å². The lowest BCUT2D eigenvalue weighted by molar-refractivity contribution is -0.238. The van der Waals surface area contributed by atoms with E-state index >= 15 is 0 Å². The zero-order chi connectivity index (χ0) is 24.7. The number of para-hydroxylation sites is 3. The van der Waals surface area contributed by atoms with Crippen LogP contribution in [0, 0.1) is 11.5 Å². The highest BCUT2D eigenvalue weighted by atomic mass is 32.2. The smallest absolute Gasteiger partial charge is 0.229 e. The molecule has 0 bridgehead atoms. The maximum Gasteiger partial charge on any atom is 0.229 e. The van der Waals surface area contributed by atoms with Gasteiger partial charge in [-0.05, 0) is 25.1 Å². The van der Waals surface area contributed by atoms with E-state index in [2.05, 4.69) is 14.7 Å². The summed E-state index contributed by atoms with van der Waals surface area (Å²) in [5.74, 6) is 0.200. The number of anilines is 1. The van der Waals surface area contributed by atoms with Crippen molar-refractivity contribution in [2.75, 3.05) is 25.2 Å². The van der Waals surface area contributed by atoms with E-state index in [0.717, 1.165) is 6.26 Å². The van der Waals surface area contributed by atoms with Crippen LogP contribution in [0.5, 0.6) is 5.75 Å². The third-order valence-corrected chi connectivity index (χ3v) is 6.43. The Balaban J connectivity index is 2.08. The predicted molar refractivity (Wildman–Crippen MR) is 123 cm³/mol. The molecule has 2 heterocycles. The van der Waals surface area contributed by atoms with Gasteiger partial charge in [0, 0.05) is 19.8 Å². The molecule has 1 aliphatic heterocycles. The Kier molecular flexibility index (Phi) is 6.13. The number of aromatic nitrogens is 2. The van der Waals surface area contributed by atoms with E-state index in [1.807, 2.05) is 24.3 Å². The van der Waals surface area contributed by atoms with Crippen LogP contribution in [0.3, 0.4) is 0 Å². The number of nitrogens with zero attached hydrogens (tertiary/aromatic N) is 3. The molecule has 0 saturated carbocycles. The molecule has 1 aliphatic rings. The van der Waals surface area contributed by atoms with Crippen LogP contribution in [0.4, 0.5) is 5.69 Å². The quantitative estimate of drug-likeness (QED) is 0.352. The summed E-state index contributed by atoms with van der Waals surface area (Å²) in [6.07, 6.45) is 0.534. The standard InChI is InChI=1S/C22H25N5O6S/c1-22(20(31-2)32-3)19(28)17(13-8-7-10-15(18(13)33-22)26-34(4,29)30)27-16-11-6-5-9-14(16)25-21(27)24-12-23/h5-11,17,19-20,26,28H,1-4H3,(H,24,25). The molecule has 11 nitrogen and oxygen atoms in total. The number of hydrogen-bond donors (Lipinski definition) is 3. The number of nitriles is 1. The first-order valence-corrected chi connectivity index (χ1v) is 12.2. The van der Waals surface area contributed by atoms with Crippen molar-refractivity contribution in [3.63, 3.8) is 0 Å². The maximum absolute atomic E-state index is 12.1. The van der Waals surface area contributed by atoms with E-state index in [4.69, 9.17) is 14.2 Å². The highest BCUT2D eigenvalue weighted by Gasteiger charge is 2.53. The topological polar surface area (TPSA) is 151 Å². The molecule has 0 fully saturated rings. The lowest BCUT2D eigenvalue weighted by Gasteiger charge is -2.47. The van der Waals surface area contributed by atoms with Gasteiger partial charge in [0.15, 0.2) is 11.9 Å². The fraction of sp³-hybridized carbons (Fsp3) is 0.364. The van der Waals surface area contributed by atoms with Gasteiger partial charge in [0.1, 0.15) is 11.9 Å². The minimum Gasteiger partial charge on any atom is -0.477 e. The number of rotatable bonds is 6. The molecule has 0 saturated heterocycles. The number of hydrogen-bond acceptors (Lipinski definition) is 8. The van der Waals surface area contributed by atoms with Gasteiger partial charge in [0.05, 0.1) is 29.0 Å². The first-order chi connectivity index (χ1) is 16.1. The van der Waals surface area contributed by atoms with Gasteiger partial charge >= 0.3 is 0 Å². The van der Waals surface area contributed by atoms with E-state index in [1.54, 1.807) is 35.9 Å². The lowest BCUT2D eigenvalue weighted by Crippen LogP contribution is -2.61. The van der Waals surface area contributed by atoms with Crippen molar-refractivity contribution in [1.82, 2.24) is 9.55 Å². The molecule has 3 unspecified atom stereocenters. The van der Waals surface area contributed by atoms with Crippen LogP contribution in [-0.2, 0) is 19.5 Å². The summed E-state index contributed by atoms with van der Waals surface area (Å²) in [4.78, 5) is 7.03. The normalized spacial score (nSPS) is 22.9. The summed E-state index contributed by atoms with van der Waals surface area (Å²) in [6, 6.07) is 11.4. The first kappa shape index (κ1) is 23.8. The molecule has 34 heavy (non-hydrogen) atoms. The van der Waals surface area contributed by atoms with E-state index in [9.17, 15) is 18.8 Å². The Morgan fingerprint density at radius 1 is 1.26 bits per heavy atom. The van der Waals surface area contributed by atoms with Gasteiger partial charge in [0.25, 0.3) is 0 Å². The summed E-state index contributed by atoms with van der Waals surface area (Å²) < 4.78 is 45.4. The fourth-order valence-corrected chi connectivity index (χ4v) is 5.03. The number of imidazole rings is 1. The van der Waals surface area contributed by atoms with Crippen LogP contribution in [0.1, 0.15) is 18.5 Å². The Bertz CT molecular complexity index is 1440. The largest absolute Gasteiger partial charge is 0.477 e. The average molecular weight is 488 g/mol. The number of aromatic amines is 1. The summed E-state index contributed by atoms with van der Waals surface area (Å²) in [6.45, 7) is 1.61. The number of methoxy groups -OCH3 is 2. The third kappa shape index (κ3) is 3.92. The maximum atomic E-state index is 12.1. The molecule has 0 spiro atoms. The number of sulfonamides is 1. The van der Waals surface area contributed by atoms with Gasteiger partial charge in [-0.15, -0.1) is 4.99 Å². The number of ether oxygens (including phenoxy) is 3. The van der Waals surface area contributed by atoms with Gasteiger partial charge in [-0.2, -0.15) is 5.26 Å². The summed E-state index contributed by atoms with van der Waals surface area (Å²) in [5.41, 5.74) is 0.756. The molecule has 3 N–H and O–H groups in total. The molecule has 4 rings (SSSR count). The SMILES string of the molecule is COC(OC)C1(C)Oc2c(NS(C)(=O)=O)cccc2C(n2c(=NC#N)[nH]c3ccccc32)C1O. The van der Waals surface area contributed by atoms with Gasteiger partial charge in [-0.25, -0.2) is 8.42 Å². The van der Waals surface area contributed by atoms with Crippen LogP contribution in [0.25, 0.3) is 11.0 Å². The van der Waals surface area contributed by atoms with Crippen molar-refractivity contribution >= 4 is 26.7 Å². The van der Waals surface area contributed by atoms with Crippen LogP contribution in [-0.4, -0.2) is 61.5 Å². The summed E-state index contributed by atoms with van der Waals surface area (Å²) >= 11 is 0. The van der Waals surface area contributed by atoms with Gasteiger partial charge < -0.3 is 24.3 Å². The second-order valence-corrected chi connectivity index (χ2v) is 9.87. The van der Waals surface area contributed by atoms with Crippen LogP contribution < -0.4 is 15.1 Å². The minimum absolute atomic E-state index is 0.188. The van der Waals surface area contributed by atoms with Gasteiger partial charge in [-0.1, -0.05) is 24.3 Å². The molecule has 0 amide bonds. The highest BCUT2D eigenvalue weighted by molar-refractivity contribution is 7.92. The van der Waals surface area contributed by atoms with Crippen molar-refractivity contribution < 1.29 is 27.7 Å². The lowest BCUT2D eigenvalue weighted by atomic mass is 9.84. The second kappa shape index (κ2) is 8.77. The van der Waals surface area contributed by atoms with Gasteiger partial charge in [-0.3, -0.25) is 9.29 Å². The molecule has 12 heteroatoms. The summed E-state index contributed by atoms with van der Waals surface area (Å²) in [5, 5.41) is 21.0. The van der Waals surface area contributed by atoms with Crippen molar-refractivity contribution in [1.29, 1.82) is 5.26 Å². The number of aliphatic hydroxyl groups is 1. The molecule has 0 radical (unpaired) electrons. The third-order valence-electron chi connectivity index (χ3n) is 5.84. The zero-order valence-corrected chi connectivity index (χ0v) is 19.8. The van der Waals surface area contributed by atoms with Crippen LogP contribution in [0.15, 0.2) is 47.5 Å². The molecule has 180 valence electrons. The number of aliphatic hydroxyl groups excluding tert-OH is 1. The monoisotopic (exact) mass is 487 g/mol. The Hall–Kier alpha value is -3.37. The molecule has 2 aromatic carbocycles. The van der Waals surface area contributed by atoms with Crippen molar-refractivity contribution in [2.45, 2.75) is 31.0 Å². The molecule has 3 aromatic rings. The zero-order valence-electron chi connectivity index (χ0n) is 19.0. The first-order valence-electron chi connectivity index (χ1n) is 10.3. The molecule has 3 atom stereocenters. The number of H-pyrrole nitrogens is 1. The second-order valence-electron chi connectivity index (χ2n) is 8.12. The van der Waals surface area contributed by atoms with E-state index in [1.165, 1.54) is 14.2 Å². The molecule has 0 aliphatic carbocycles. The van der Waals surface area contributed by atoms with Crippen LogP contribution >= 0.6 is 0 Å². The highest BCUT2D eigenvalue weighted by Crippen LogP contribution is 2.47. The number of fused-ring (bicyclic) bond motifs is 2. The molecule has 1 aromatic heterocycles. The summed E-state index contributed by atoms with van der Waals surface area (Å²) in [7, 11) is -0.820. The van der Waals surface area contributed by atoms with E-state index in [-0.39, 0.29) is 17.1 Å². The predicted octanol–water partition coefficient (Wildman–Crippen LogP) is 1.44. The fourth-order valence-electron chi connectivity index (χ4n) is 4.47. The van der Waals surface area contributed by atoms with Crippen molar-refractivity contribution in [3.05, 3.63) is 53.6 Å². The van der Waals surface area contributed by atoms with E-state index < -0.39 is 34.1 Å². The Morgan fingerprint density at radius 3 is 2.62 bits per heavy atom. The van der Waals surface area contributed by atoms with Crippen LogP contribution in [0.2, 0.25) is 0 Å². The van der Waals surface area contributed by atoms with Gasteiger partial charge in [0.2, 0.25) is 21.8 Å². The van der Waals surface area contributed by atoms with E-state index in [0.29, 0.717) is 16.6 Å².